The number of hydrogen-bond donors (Lipinski definition) is 1. The normalized spacial score (nSPS) is 10.6. The van der Waals surface area contributed by atoms with Crippen LogP contribution in [0.15, 0.2) is 36.8 Å². The van der Waals surface area contributed by atoms with Gasteiger partial charge in [0.2, 0.25) is 0 Å². The van der Waals surface area contributed by atoms with Gasteiger partial charge in [0.25, 0.3) is 0 Å². The van der Waals surface area contributed by atoms with E-state index in [9.17, 15) is 0 Å². The molecular formula is C14H19N3O. The van der Waals surface area contributed by atoms with Crippen molar-refractivity contribution in [1.29, 1.82) is 0 Å². The lowest BCUT2D eigenvalue weighted by molar-refractivity contribution is 0.414. The molecule has 0 radical (unpaired) electrons. The molecule has 96 valence electrons. The van der Waals surface area contributed by atoms with E-state index >= 15 is 0 Å². The van der Waals surface area contributed by atoms with E-state index in [0.717, 1.165) is 25.4 Å². The fourth-order valence-corrected chi connectivity index (χ4v) is 1.86. The molecule has 4 nitrogen and oxygen atoms in total. The zero-order valence-corrected chi connectivity index (χ0v) is 10.9. The highest BCUT2D eigenvalue weighted by Crippen LogP contribution is 2.11. The monoisotopic (exact) mass is 245 g/mol. The first-order valence-corrected chi connectivity index (χ1v) is 6.16. The Bertz CT molecular complexity index is 476. The van der Waals surface area contributed by atoms with Gasteiger partial charge in [0.15, 0.2) is 0 Å². The molecule has 0 unspecified atom stereocenters. The number of imidazole rings is 1. The minimum atomic E-state index is 0.833. The lowest BCUT2D eigenvalue weighted by atomic mass is 10.2. The molecule has 0 bridgehead atoms. The summed E-state index contributed by atoms with van der Waals surface area (Å²) in [7, 11) is 1.68. The number of aromatic nitrogens is 2. The lowest BCUT2D eigenvalue weighted by Crippen LogP contribution is -2.15. The minimum Gasteiger partial charge on any atom is -0.497 e. The average molecular weight is 245 g/mol. The number of benzene rings is 1. The highest BCUT2D eigenvalue weighted by molar-refractivity contribution is 5.27. The Balaban J connectivity index is 1.84. The van der Waals surface area contributed by atoms with E-state index in [-0.39, 0.29) is 0 Å². The molecule has 0 amide bonds. The summed E-state index contributed by atoms with van der Waals surface area (Å²) in [6, 6.07) is 8.10. The third-order valence-electron chi connectivity index (χ3n) is 2.93. The molecular weight excluding hydrogens is 226 g/mol. The van der Waals surface area contributed by atoms with Crippen molar-refractivity contribution >= 4 is 0 Å². The molecule has 1 aromatic carbocycles. The molecule has 0 saturated carbocycles. The van der Waals surface area contributed by atoms with Crippen molar-refractivity contribution in [1.82, 2.24) is 14.9 Å². The fourth-order valence-electron chi connectivity index (χ4n) is 1.86. The van der Waals surface area contributed by atoms with Gasteiger partial charge in [-0.2, -0.15) is 0 Å². The van der Waals surface area contributed by atoms with Crippen molar-refractivity contribution in [3.05, 3.63) is 48.0 Å². The molecule has 0 aliphatic carbocycles. The van der Waals surface area contributed by atoms with Crippen molar-refractivity contribution in [2.45, 2.75) is 26.6 Å². The van der Waals surface area contributed by atoms with Crippen LogP contribution in [0.3, 0.4) is 0 Å². The Morgan fingerprint density at radius 3 is 2.67 bits per heavy atom. The van der Waals surface area contributed by atoms with Gasteiger partial charge in [-0.25, -0.2) is 4.98 Å². The molecule has 0 aliphatic heterocycles. The van der Waals surface area contributed by atoms with Crippen LogP contribution in [0.25, 0.3) is 0 Å². The van der Waals surface area contributed by atoms with Crippen LogP contribution in [0.4, 0.5) is 0 Å². The van der Waals surface area contributed by atoms with Gasteiger partial charge in [-0.3, -0.25) is 0 Å². The molecule has 1 aromatic heterocycles. The van der Waals surface area contributed by atoms with E-state index in [0.29, 0.717) is 0 Å². The summed E-state index contributed by atoms with van der Waals surface area (Å²) in [5, 5.41) is 3.41. The summed E-state index contributed by atoms with van der Waals surface area (Å²) in [6.45, 7) is 4.76. The van der Waals surface area contributed by atoms with E-state index in [1.807, 2.05) is 24.7 Å². The van der Waals surface area contributed by atoms with Gasteiger partial charge in [-0.1, -0.05) is 12.1 Å². The summed E-state index contributed by atoms with van der Waals surface area (Å²) in [6.07, 6.45) is 3.77. The smallest absolute Gasteiger partial charge is 0.118 e. The molecule has 18 heavy (non-hydrogen) atoms. The van der Waals surface area contributed by atoms with Crippen LogP contribution in [0, 0.1) is 0 Å². The first kappa shape index (κ1) is 12.6. The molecule has 2 rings (SSSR count). The number of ether oxygens (including phenoxy) is 1. The molecule has 0 atom stereocenters. The van der Waals surface area contributed by atoms with Gasteiger partial charge in [0, 0.05) is 25.8 Å². The topological polar surface area (TPSA) is 39.1 Å². The van der Waals surface area contributed by atoms with Gasteiger partial charge in [0.1, 0.15) is 5.75 Å². The van der Waals surface area contributed by atoms with Gasteiger partial charge in [0.05, 0.1) is 19.1 Å². The predicted molar refractivity (Wildman–Crippen MR) is 71.4 cm³/mol. The lowest BCUT2D eigenvalue weighted by Gasteiger charge is -2.07. The standard InChI is InChI=1S/C14H19N3O/c1-3-17-11-16-10-13(17)9-15-8-12-4-6-14(18-2)7-5-12/h4-7,10-11,15H,3,8-9H2,1-2H3. The maximum absolute atomic E-state index is 5.13. The summed E-state index contributed by atoms with van der Waals surface area (Å²) in [5.74, 6) is 0.891. The van der Waals surface area contributed by atoms with Crippen LogP contribution in [-0.2, 0) is 19.6 Å². The van der Waals surface area contributed by atoms with Crippen molar-refractivity contribution < 1.29 is 4.74 Å². The molecule has 1 heterocycles. The number of hydrogen-bond acceptors (Lipinski definition) is 3. The third kappa shape index (κ3) is 3.11. The number of aryl methyl sites for hydroxylation is 1. The maximum Gasteiger partial charge on any atom is 0.118 e. The van der Waals surface area contributed by atoms with Crippen LogP contribution in [0.1, 0.15) is 18.2 Å². The van der Waals surface area contributed by atoms with Crippen LogP contribution >= 0.6 is 0 Å². The minimum absolute atomic E-state index is 0.833. The number of nitrogens with one attached hydrogen (secondary N) is 1. The average Bonchev–Trinajstić information content (AvgIpc) is 2.87. The van der Waals surface area contributed by atoms with Crippen LogP contribution in [0.5, 0.6) is 5.75 Å². The molecule has 0 fully saturated rings. The second-order valence-electron chi connectivity index (χ2n) is 4.12. The van der Waals surface area contributed by atoms with Gasteiger partial charge in [-0.05, 0) is 24.6 Å². The summed E-state index contributed by atoms with van der Waals surface area (Å²) >= 11 is 0. The quantitative estimate of drug-likeness (QED) is 0.848. The van der Waals surface area contributed by atoms with E-state index in [1.165, 1.54) is 11.3 Å². The molecule has 0 saturated heterocycles. The van der Waals surface area contributed by atoms with E-state index in [4.69, 9.17) is 4.74 Å². The van der Waals surface area contributed by atoms with Crippen LogP contribution in [0.2, 0.25) is 0 Å². The van der Waals surface area contributed by atoms with Crippen LogP contribution < -0.4 is 10.1 Å². The van der Waals surface area contributed by atoms with Gasteiger partial charge < -0.3 is 14.6 Å². The van der Waals surface area contributed by atoms with E-state index in [2.05, 4.69) is 33.9 Å². The molecule has 2 aromatic rings. The largest absolute Gasteiger partial charge is 0.497 e. The van der Waals surface area contributed by atoms with Crippen molar-refractivity contribution in [3.63, 3.8) is 0 Å². The maximum atomic E-state index is 5.13. The van der Waals surface area contributed by atoms with Crippen LogP contribution in [-0.4, -0.2) is 16.7 Å². The van der Waals surface area contributed by atoms with Gasteiger partial charge >= 0.3 is 0 Å². The van der Waals surface area contributed by atoms with Crippen molar-refractivity contribution in [3.8, 4) is 5.75 Å². The zero-order valence-electron chi connectivity index (χ0n) is 10.9. The Morgan fingerprint density at radius 1 is 1.22 bits per heavy atom. The second kappa shape index (κ2) is 6.21. The first-order valence-electron chi connectivity index (χ1n) is 6.16. The fraction of sp³-hybridized carbons (Fsp3) is 0.357. The SMILES string of the molecule is CCn1cncc1CNCc1ccc(OC)cc1. The summed E-state index contributed by atoms with van der Waals surface area (Å²) < 4.78 is 7.27. The Morgan fingerprint density at radius 2 is 2.00 bits per heavy atom. The number of nitrogens with zero attached hydrogens (tertiary/aromatic N) is 2. The molecule has 0 aliphatic rings. The molecule has 4 heteroatoms. The van der Waals surface area contributed by atoms with Gasteiger partial charge in [-0.15, -0.1) is 0 Å². The highest BCUT2D eigenvalue weighted by Gasteiger charge is 2.00. The van der Waals surface area contributed by atoms with E-state index in [1.54, 1.807) is 7.11 Å². The summed E-state index contributed by atoms with van der Waals surface area (Å²) in [5.41, 5.74) is 2.46. The molecule has 0 spiro atoms. The van der Waals surface area contributed by atoms with Crippen molar-refractivity contribution in [2.75, 3.05) is 7.11 Å². The zero-order chi connectivity index (χ0) is 12.8. The molecule has 1 N–H and O–H groups in total. The second-order valence-corrected chi connectivity index (χ2v) is 4.12. The number of methoxy groups -OCH3 is 1. The van der Waals surface area contributed by atoms with Crippen molar-refractivity contribution in [2.24, 2.45) is 0 Å². The predicted octanol–water partition coefficient (Wildman–Crippen LogP) is 2.20. The third-order valence-corrected chi connectivity index (χ3v) is 2.93. The summed E-state index contributed by atoms with van der Waals surface area (Å²) in [4.78, 5) is 4.15. The Labute approximate surface area is 108 Å². The van der Waals surface area contributed by atoms with E-state index < -0.39 is 0 Å². The first-order chi connectivity index (χ1) is 8.83. The highest BCUT2D eigenvalue weighted by atomic mass is 16.5. The number of rotatable bonds is 6. The Kier molecular flexibility index (Phi) is 4.36. The Hall–Kier alpha value is -1.81.